The number of amides is 2. The van der Waals surface area contributed by atoms with E-state index < -0.39 is 59.9 Å². The van der Waals surface area contributed by atoms with Gasteiger partial charge < -0.3 is 44.5 Å². The molecule has 3 unspecified atom stereocenters. The molecule has 8 aliphatic rings. The van der Waals surface area contributed by atoms with E-state index in [0.29, 0.717) is 46.6 Å². The lowest BCUT2D eigenvalue weighted by molar-refractivity contribution is -0.125. The van der Waals surface area contributed by atoms with E-state index in [4.69, 9.17) is 18.9 Å². The van der Waals surface area contributed by atoms with Crippen LogP contribution in [0.1, 0.15) is 101 Å². The number of nitrogens with zero attached hydrogens (tertiary/aromatic N) is 7. The molecule has 0 aromatic heterocycles. The van der Waals surface area contributed by atoms with Crippen LogP contribution in [0.3, 0.4) is 0 Å². The molecule has 89 heavy (non-hydrogen) atoms. The van der Waals surface area contributed by atoms with Gasteiger partial charge in [0.05, 0.1) is 70.3 Å². The summed E-state index contributed by atoms with van der Waals surface area (Å²) in [5.74, 6) is -1.26. The van der Waals surface area contributed by atoms with Gasteiger partial charge in [0.15, 0.2) is 46.1 Å². The summed E-state index contributed by atoms with van der Waals surface area (Å²) in [6.45, 7) is 9.96. The summed E-state index contributed by atoms with van der Waals surface area (Å²) in [6, 6.07) is 12.6. The Bertz CT molecular complexity index is 3680. The number of allylic oxidation sites excluding steroid dienone is 4. The highest BCUT2D eigenvalue weighted by Crippen LogP contribution is 2.56. The van der Waals surface area contributed by atoms with Gasteiger partial charge in [-0.05, 0) is 121 Å². The first kappa shape index (κ1) is 66.6. The second-order valence-electron chi connectivity index (χ2n) is 23.3. The Kier molecular flexibility index (Phi) is 19.8. The molecule has 2 fully saturated rings. The van der Waals surface area contributed by atoms with E-state index in [-0.39, 0.29) is 128 Å². The molecular formula is C66H80N10O12S. The first-order valence-corrected chi connectivity index (χ1v) is 29.7. The van der Waals surface area contributed by atoms with Crippen LogP contribution >= 0.6 is 11.9 Å². The predicted octanol–water partition coefficient (Wildman–Crippen LogP) is 6.35. The lowest BCUT2D eigenvalue weighted by atomic mass is 9.69. The zero-order chi connectivity index (χ0) is 62.8. The van der Waals surface area contributed by atoms with E-state index in [1.165, 1.54) is 47.3 Å². The third-order valence-electron chi connectivity index (χ3n) is 18.8. The van der Waals surface area contributed by atoms with Gasteiger partial charge in [0.25, 0.3) is 0 Å². The zero-order valence-electron chi connectivity index (χ0n) is 50.7. The number of fused-ring (bicyclic) bond motifs is 12. The number of aliphatic imine (C=N–C) groups is 1. The Balaban J connectivity index is 0.000000232. The molecule has 3 aromatic carbocycles. The lowest BCUT2D eigenvalue weighted by Gasteiger charge is -2.60. The number of likely N-dealkylation sites (N-methyl/N-ethyl adjacent to an activating group) is 2. The maximum absolute atomic E-state index is 14.1. The van der Waals surface area contributed by atoms with Crippen LogP contribution in [0.25, 0.3) is 0 Å². The molecule has 11 atom stereocenters. The second kappa shape index (κ2) is 26.4. The second-order valence-corrected chi connectivity index (χ2v) is 23.9. The van der Waals surface area contributed by atoms with E-state index in [1.54, 1.807) is 26.3 Å². The van der Waals surface area contributed by atoms with Crippen molar-refractivity contribution in [3.63, 3.8) is 0 Å². The Morgan fingerprint density at radius 1 is 0.674 bits per heavy atom. The number of aromatic hydroxyl groups is 2. The van der Waals surface area contributed by atoms with Crippen LogP contribution in [-0.2, 0) is 51.1 Å². The van der Waals surface area contributed by atoms with E-state index in [0.717, 1.165) is 27.9 Å². The molecule has 0 radical (unpaired) electrons. The maximum Gasteiger partial charge on any atom is 0.244 e. The predicted molar refractivity (Wildman–Crippen MR) is 336 cm³/mol. The number of phenolic OH excluding ortho intramolecular Hbond substituents is 2. The van der Waals surface area contributed by atoms with Crippen molar-refractivity contribution >= 4 is 58.1 Å². The molecule has 5 N–H and O–H groups in total. The first-order valence-electron chi connectivity index (χ1n) is 28.8. The van der Waals surface area contributed by atoms with E-state index in [9.17, 15) is 49.5 Å². The average Bonchev–Trinajstić information content (AvgIpc) is 0.712. The number of anilines is 1. The number of para-hydroxylation sites is 1. The molecule has 2 aliphatic carbocycles. The SMILES string of the molecule is C.C.COC1=C(C)C(=O)C2=C(C1=O)[C@H](CNC(=O)C(C)N=CSNc1ccccc1)N1C(C2)[C@H]2c3c(cc(C)c(OC)c3O)C[C@@H]([C@@H]1C#N)N2C.COC1=C(C)C(=O)C2=C(C1=O)[C@H](CNC(C)=O)N1C(C2)[C@H]2c3c(cc(C)c(OC)c3O)C[C@@H]([C@@H]1C#N)N2C. The number of hydrogen-bond donors (Lipinski definition) is 5. The monoisotopic (exact) mass is 1240 g/mol. The Labute approximate surface area is 524 Å². The number of hydrogen-bond acceptors (Lipinski definition) is 21. The summed E-state index contributed by atoms with van der Waals surface area (Å²) in [7, 11) is 9.60. The number of piperazine rings is 2. The first-order chi connectivity index (χ1) is 41.6. The molecule has 2 amide bonds. The lowest BCUT2D eigenvalue weighted by Crippen LogP contribution is -2.71. The molecule has 11 rings (SSSR count). The van der Waals surface area contributed by atoms with Crippen LogP contribution < -0.4 is 24.8 Å². The van der Waals surface area contributed by atoms with Gasteiger partial charge in [0.2, 0.25) is 23.4 Å². The van der Waals surface area contributed by atoms with Crippen molar-refractivity contribution in [2.75, 3.05) is 60.3 Å². The number of ketones is 4. The van der Waals surface area contributed by atoms with Crippen LogP contribution in [0, 0.1) is 36.5 Å². The quantitative estimate of drug-likeness (QED) is 0.0539. The van der Waals surface area contributed by atoms with Crippen molar-refractivity contribution in [1.82, 2.24) is 30.2 Å². The summed E-state index contributed by atoms with van der Waals surface area (Å²) in [5.41, 5.74) is 8.97. The molecule has 22 nitrogen and oxygen atoms in total. The minimum atomic E-state index is -0.822. The van der Waals surface area contributed by atoms with Crippen molar-refractivity contribution in [3.05, 3.63) is 121 Å². The molecule has 0 spiro atoms. The fourth-order valence-corrected chi connectivity index (χ4v) is 15.6. The number of rotatable bonds is 13. The van der Waals surface area contributed by atoms with E-state index in [1.807, 2.05) is 80.2 Å². The summed E-state index contributed by atoms with van der Waals surface area (Å²) >= 11 is 1.23. The topological polar surface area (TPSA) is 289 Å². The number of benzene rings is 3. The number of methoxy groups -OCH3 is 4. The number of Topliss-reactive ketones (excluding diaryl/α,β-unsaturated/α-hetero) is 4. The molecule has 0 saturated carbocycles. The zero-order valence-corrected chi connectivity index (χ0v) is 51.5. The molecule has 472 valence electrons. The normalized spacial score (nSPS) is 26.4. The molecule has 6 heterocycles. The molecule has 2 saturated heterocycles. The van der Waals surface area contributed by atoms with Gasteiger partial charge >= 0.3 is 0 Å². The van der Waals surface area contributed by atoms with Crippen LogP contribution in [0.2, 0.25) is 0 Å². The number of aryl methyl sites for hydroxylation is 2. The number of nitrogens with one attached hydrogen (secondary N) is 3. The van der Waals surface area contributed by atoms with Gasteiger partial charge in [-0.2, -0.15) is 10.5 Å². The minimum absolute atomic E-state index is 0. The highest BCUT2D eigenvalue weighted by atomic mass is 32.2. The number of carbonyl (C=O) groups excluding carboxylic acids is 6. The van der Waals surface area contributed by atoms with Gasteiger partial charge in [-0.1, -0.05) is 45.2 Å². The molecule has 23 heteroatoms. The molecule has 6 aliphatic heterocycles. The van der Waals surface area contributed by atoms with Gasteiger partial charge in [0.1, 0.15) is 18.1 Å². The number of phenols is 2. The number of nitriles is 2. The third kappa shape index (κ3) is 11.0. The summed E-state index contributed by atoms with van der Waals surface area (Å²) in [6.07, 6.45) is 1.36. The van der Waals surface area contributed by atoms with Crippen LogP contribution in [0.4, 0.5) is 5.69 Å². The Morgan fingerprint density at radius 3 is 1.49 bits per heavy atom. The van der Waals surface area contributed by atoms with Crippen LogP contribution in [0.5, 0.6) is 23.0 Å². The van der Waals surface area contributed by atoms with Crippen molar-refractivity contribution in [1.29, 1.82) is 10.5 Å². The highest BCUT2D eigenvalue weighted by Gasteiger charge is 2.60. The summed E-state index contributed by atoms with van der Waals surface area (Å²) < 4.78 is 25.0. The van der Waals surface area contributed by atoms with E-state index in [2.05, 4.69) is 42.3 Å². The molecule has 3 aromatic rings. The average molecular weight is 1240 g/mol. The fraction of sp³-hybridized carbons (Fsp3) is 0.470. The van der Waals surface area contributed by atoms with Crippen LogP contribution in [0.15, 0.2) is 92.4 Å². The van der Waals surface area contributed by atoms with Crippen molar-refractivity contribution in [3.8, 4) is 35.1 Å². The number of ether oxygens (including phenoxy) is 4. The number of carbonyl (C=O) groups is 6. The fourth-order valence-electron chi connectivity index (χ4n) is 15.0. The van der Waals surface area contributed by atoms with Gasteiger partial charge in [-0.3, -0.25) is 53.4 Å². The summed E-state index contributed by atoms with van der Waals surface area (Å²) in [4.78, 5) is 93.2. The Hall–Kier alpha value is -8.32. The van der Waals surface area contributed by atoms with Crippen molar-refractivity contribution < 1.29 is 57.9 Å². The Morgan fingerprint density at radius 2 is 1.10 bits per heavy atom. The minimum Gasteiger partial charge on any atom is -0.504 e. The van der Waals surface area contributed by atoms with Crippen molar-refractivity contribution in [2.24, 2.45) is 4.99 Å². The largest absolute Gasteiger partial charge is 0.504 e. The molecule has 4 bridgehead atoms. The van der Waals surface area contributed by atoms with E-state index >= 15 is 0 Å². The van der Waals surface area contributed by atoms with Gasteiger partial charge in [-0.15, -0.1) is 0 Å². The smallest absolute Gasteiger partial charge is 0.244 e. The van der Waals surface area contributed by atoms with Gasteiger partial charge in [-0.25, -0.2) is 0 Å². The summed E-state index contributed by atoms with van der Waals surface area (Å²) in [5, 5.41) is 49.9. The third-order valence-corrected chi connectivity index (χ3v) is 19.4. The molecular weight excluding hydrogens is 1160 g/mol. The van der Waals surface area contributed by atoms with Crippen LogP contribution in [-0.4, -0.2) is 180 Å². The van der Waals surface area contributed by atoms with Crippen molar-refractivity contribution in [2.45, 2.75) is 149 Å². The highest BCUT2D eigenvalue weighted by molar-refractivity contribution is 8.13. The standard InChI is InChI=1S/C36H40N6O6S.C28H32N4O6.2CH4/c1-18-12-21-13-24-26(15-37)42-25(30(41(24)4)28(21)32(44)34(18)47-5)14-23-29(33(45)35(48-6)19(2)31(23)43)27(42)16-38-36(46)20(3)39-17-49-40-22-10-8-7-9-11-22;1-12-7-15-8-17-19(10-29)32-18(23(31(17)4)21(15)25(35)27(12)37-5)9-16-22(20(32)11-30-14(3)33)26(36)28(38-6)13(2)24(16)34;;/h7-12,17,20,24-27,30,40,44H,13-14,16H2,1-6H3,(H,38,46);7,17-20,23,35H,8-9,11H2,1-6H3,(H,30,33);2*1H4/t20?,24-,25?,26-,27-,30-;17-,18?,19-,20-,23-;;/m00../s1. The van der Waals surface area contributed by atoms with Gasteiger partial charge in [0, 0.05) is 94.4 Å². The maximum atomic E-state index is 14.1.